The van der Waals surface area contributed by atoms with Crippen LogP contribution in [0, 0.1) is 0 Å². The third-order valence-electron chi connectivity index (χ3n) is 3.24. The zero-order valence-corrected chi connectivity index (χ0v) is 13.7. The number of hydrogen-bond acceptors (Lipinski definition) is 6. The van der Waals surface area contributed by atoms with Crippen LogP contribution in [0.25, 0.3) is 10.7 Å². The van der Waals surface area contributed by atoms with E-state index in [4.69, 9.17) is 9.63 Å². The molecule has 1 unspecified atom stereocenters. The van der Waals surface area contributed by atoms with Crippen LogP contribution in [0.2, 0.25) is 0 Å². The molecular formula is C16H16N2O2S2. The molecule has 114 valence electrons. The summed E-state index contributed by atoms with van der Waals surface area (Å²) in [6, 6.07) is 11.9. The van der Waals surface area contributed by atoms with Crippen LogP contribution in [0.5, 0.6) is 0 Å². The third-order valence-corrected chi connectivity index (χ3v) is 5.30. The molecule has 0 aliphatic carbocycles. The maximum Gasteiger partial charge on any atom is 0.239 e. The van der Waals surface area contributed by atoms with Crippen LogP contribution in [0.4, 0.5) is 0 Å². The van der Waals surface area contributed by atoms with E-state index < -0.39 is 0 Å². The molecule has 1 atom stereocenters. The van der Waals surface area contributed by atoms with Gasteiger partial charge < -0.3 is 9.63 Å². The first-order valence-electron chi connectivity index (χ1n) is 6.94. The number of benzene rings is 1. The van der Waals surface area contributed by atoms with Crippen molar-refractivity contribution >= 4 is 23.1 Å². The fourth-order valence-corrected chi connectivity index (χ4v) is 3.46. The largest absolute Gasteiger partial charge is 0.392 e. The van der Waals surface area contributed by atoms with Gasteiger partial charge in [-0.3, -0.25) is 0 Å². The van der Waals surface area contributed by atoms with Crippen LogP contribution in [0.1, 0.15) is 29.2 Å². The molecule has 3 rings (SSSR count). The SMILES string of the molecule is CC(SCc1ccc(CO)cc1)c1nc(-c2cccs2)no1. The van der Waals surface area contributed by atoms with Crippen molar-refractivity contribution in [1.82, 2.24) is 10.1 Å². The van der Waals surface area contributed by atoms with E-state index in [-0.39, 0.29) is 11.9 Å². The fraction of sp³-hybridized carbons (Fsp3) is 0.250. The molecule has 0 amide bonds. The van der Waals surface area contributed by atoms with Crippen LogP contribution in [-0.4, -0.2) is 15.2 Å². The molecule has 4 nitrogen and oxygen atoms in total. The molecule has 0 radical (unpaired) electrons. The van der Waals surface area contributed by atoms with Gasteiger partial charge >= 0.3 is 0 Å². The summed E-state index contributed by atoms with van der Waals surface area (Å²) in [5, 5.41) is 15.2. The first-order valence-corrected chi connectivity index (χ1v) is 8.87. The number of thiophene rings is 1. The zero-order valence-electron chi connectivity index (χ0n) is 12.1. The van der Waals surface area contributed by atoms with Crippen LogP contribution < -0.4 is 0 Å². The number of aliphatic hydroxyl groups is 1. The molecule has 3 aromatic rings. The molecule has 1 N–H and O–H groups in total. The molecule has 0 bridgehead atoms. The van der Waals surface area contributed by atoms with E-state index in [0.29, 0.717) is 11.7 Å². The molecule has 2 aromatic heterocycles. The Morgan fingerprint density at radius 1 is 1.23 bits per heavy atom. The molecule has 0 fully saturated rings. The summed E-state index contributed by atoms with van der Waals surface area (Å²) in [7, 11) is 0. The quantitative estimate of drug-likeness (QED) is 0.730. The summed E-state index contributed by atoms with van der Waals surface area (Å²) >= 11 is 3.35. The van der Waals surface area contributed by atoms with Gasteiger partial charge in [0.25, 0.3) is 0 Å². The number of nitrogens with zero attached hydrogens (tertiary/aromatic N) is 2. The second-order valence-electron chi connectivity index (χ2n) is 4.86. The van der Waals surface area contributed by atoms with E-state index in [0.717, 1.165) is 16.2 Å². The second kappa shape index (κ2) is 7.09. The molecule has 22 heavy (non-hydrogen) atoms. The lowest BCUT2D eigenvalue weighted by Gasteiger charge is -2.06. The maximum absolute atomic E-state index is 9.04. The minimum absolute atomic E-state index is 0.0807. The van der Waals surface area contributed by atoms with Gasteiger partial charge in [-0.25, -0.2) is 0 Å². The predicted octanol–water partition coefficient (Wildman–Crippen LogP) is 4.28. The van der Waals surface area contributed by atoms with E-state index >= 15 is 0 Å². The van der Waals surface area contributed by atoms with E-state index in [1.54, 1.807) is 23.1 Å². The Labute approximate surface area is 137 Å². The van der Waals surface area contributed by atoms with Crippen molar-refractivity contribution in [3.63, 3.8) is 0 Å². The Morgan fingerprint density at radius 3 is 2.68 bits per heavy atom. The van der Waals surface area contributed by atoms with Crippen molar-refractivity contribution in [3.8, 4) is 10.7 Å². The Kier molecular flexibility index (Phi) is 4.92. The van der Waals surface area contributed by atoms with Crippen LogP contribution in [0.3, 0.4) is 0 Å². The number of rotatable bonds is 6. The van der Waals surface area contributed by atoms with Crippen molar-refractivity contribution < 1.29 is 9.63 Å². The summed E-state index contributed by atoms with van der Waals surface area (Å²) < 4.78 is 5.37. The summed E-state index contributed by atoms with van der Waals surface area (Å²) in [6.07, 6.45) is 0. The van der Waals surface area contributed by atoms with Crippen molar-refractivity contribution in [1.29, 1.82) is 0 Å². The highest BCUT2D eigenvalue weighted by atomic mass is 32.2. The number of aliphatic hydroxyl groups excluding tert-OH is 1. The molecule has 0 aliphatic heterocycles. The molecule has 0 saturated carbocycles. The Morgan fingerprint density at radius 2 is 2.00 bits per heavy atom. The molecule has 0 spiro atoms. The molecule has 1 aromatic carbocycles. The minimum atomic E-state index is 0.0807. The fourth-order valence-electron chi connectivity index (χ4n) is 1.94. The van der Waals surface area contributed by atoms with E-state index in [2.05, 4.69) is 17.1 Å². The monoisotopic (exact) mass is 332 g/mol. The van der Waals surface area contributed by atoms with Crippen molar-refractivity contribution in [2.45, 2.75) is 24.5 Å². The van der Waals surface area contributed by atoms with Crippen LogP contribution in [0.15, 0.2) is 46.3 Å². The second-order valence-corrected chi connectivity index (χ2v) is 7.14. The summed E-state index contributed by atoms with van der Waals surface area (Å²) in [5.74, 6) is 2.17. The average molecular weight is 332 g/mol. The first kappa shape index (κ1) is 15.3. The first-order chi connectivity index (χ1) is 10.8. The molecule has 2 heterocycles. The van der Waals surface area contributed by atoms with E-state index in [1.807, 2.05) is 41.8 Å². The summed E-state index contributed by atoms with van der Waals surface area (Å²) in [4.78, 5) is 5.49. The highest BCUT2D eigenvalue weighted by Gasteiger charge is 2.16. The topological polar surface area (TPSA) is 59.2 Å². The van der Waals surface area contributed by atoms with E-state index in [9.17, 15) is 0 Å². The van der Waals surface area contributed by atoms with Gasteiger partial charge in [0.2, 0.25) is 11.7 Å². The van der Waals surface area contributed by atoms with Crippen molar-refractivity contribution in [3.05, 3.63) is 58.8 Å². The lowest BCUT2D eigenvalue weighted by atomic mass is 10.2. The molecule has 6 heteroatoms. The van der Waals surface area contributed by atoms with Gasteiger partial charge in [0.05, 0.1) is 16.7 Å². The predicted molar refractivity (Wildman–Crippen MR) is 89.7 cm³/mol. The van der Waals surface area contributed by atoms with Gasteiger partial charge in [-0.15, -0.1) is 23.1 Å². The lowest BCUT2D eigenvalue weighted by molar-refractivity contribution is 0.282. The van der Waals surface area contributed by atoms with Gasteiger partial charge in [-0.05, 0) is 29.5 Å². The third kappa shape index (κ3) is 3.58. The molecule has 0 aliphatic rings. The molecule has 0 saturated heterocycles. The minimum Gasteiger partial charge on any atom is -0.392 e. The Bertz CT molecular complexity index is 708. The van der Waals surface area contributed by atoms with Gasteiger partial charge in [0, 0.05) is 5.75 Å². The van der Waals surface area contributed by atoms with E-state index in [1.165, 1.54) is 5.56 Å². The highest BCUT2D eigenvalue weighted by molar-refractivity contribution is 7.98. The smallest absolute Gasteiger partial charge is 0.239 e. The van der Waals surface area contributed by atoms with Crippen molar-refractivity contribution in [2.75, 3.05) is 0 Å². The van der Waals surface area contributed by atoms with Gasteiger partial charge in [0.1, 0.15) is 0 Å². The summed E-state index contributed by atoms with van der Waals surface area (Å²) in [5.41, 5.74) is 2.14. The number of hydrogen-bond donors (Lipinski definition) is 1. The van der Waals surface area contributed by atoms with Crippen LogP contribution >= 0.6 is 23.1 Å². The average Bonchev–Trinajstić information content (AvgIpc) is 3.23. The zero-order chi connectivity index (χ0) is 15.4. The van der Waals surface area contributed by atoms with Crippen LogP contribution in [-0.2, 0) is 12.4 Å². The number of thioether (sulfide) groups is 1. The lowest BCUT2D eigenvalue weighted by Crippen LogP contribution is -1.91. The Hall–Kier alpha value is -1.63. The van der Waals surface area contributed by atoms with Gasteiger partial charge in [0.15, 0.2) is 0 Å². The van der Waals surface area contributed by atoms with Crippen molar-refractivity contribution in [2.24, 2.45) is 0 Å². The standard InChI is InChI=1S/C16H16N2O2S2/c1-11(22-10-13-6-4-12(9-19)5-7-13)16-17-15(18-20-16)14-3-2-8-21-14/h2-8,11,19H,9-10H2,1H3. The summed E-state index contributed by atoms with van der Waals surface area (Å²) in [6.45, 7) is 2.15. The number of aromatic nitrogens is 2. The Balaban J connectivity index is 1.60. The van der Waals surface area contributed by atoms with Gasteiger partial charge in [-0.2, -0.15) is 4.98 Å². The molecular weight excluding hydrogens is 316 g/mol. The highest BCUT2D eigenvalue weighted by Crippen LogP contribution is 2.31. The maximum atomic E-state index is 9.04. The van der Waals surface area contributed by atoms with Gasteiger partial charge in [-0.1, -0.05) is 35.5 Å². The normalized spacial score (nSPS) is 12.5.